The van der Waals surface area contributed by atoms with Crippen LogP contribution >= 0.6 is 0 Å². The zero-order valence-corrected chi connectivity index (χ0v) is 13.2. The number of para-hydroxylation sites is 1. The molecule has 2 aromatic carbocycles. The molecule has 0 radical (unpaired) electrons. The molecule has 1 atom stereocenters. The van der Waals surface area contributed by atoms with Crippen LogP contribution in [0.2, 0.25) is 0 Å². The Balaban J connectivity index is 1.54. The summed E-state index contributed by atoms with van der Waals surface area (Å²) in [7, 11) is -3.69. The van der Waals surface area contributed by atoms with Crippen LogP contribution in [0.4, 0.5) is 0 Å². The quantitative estimate of drug-likeness (QED) is 0.795. The third-order valence-corrected chi connectivity index (χ3v) is 5.03. The van der Waals surface area contributed by atoms with Gasteiger partial charge in [0.05, 0.1) is 11.5 Å². The van der Waals surface area contributed by atoms with E-state index in [9.17, 15) is 8.42 Å². The lowest BCUT2D eigenvalue weighted by Gasteiger charge is -2.11. The highest BCUT2D eigenvalue weighted by Crippen LogP contribution is 2.29. The van der Waals surface area contributed by atoms with Crippen LogP contribution in [0.1, 0.15) is 17.5 Å². The minimum Gasteiger partial charge on any atom is -0.490 e. The fraction of sp³-hybridized carbons (Fsp3) is 0.294. The molecule has 1 aliphatic rings. The van der Waals surface area contributed by atoms with Gasteiger partial charge in [0.1, 0.15) is 11.9 Å². The second kappa shape index (κ2) is 6.10. The van der Waals surface area contributed by atoms with Gasteiger partial charge in [-0.2, -0.15) is 8.42 Å². The molecule has 0 N–H and O–H groups in total. The van der Waals surface area contributed by atoms with E-state index >= 15 is 0 Å². The third-order valence-electron chi connectivity index (χ3n) is 3.70. The van der Waals surface area contributed by atoms with Gasteiger partial charge in [0.2, 0.25) is 0 Å². The standard InChI is InChI=1S/C17H18O4S/c1-13-6-8-16(9-7-13)22(18,19)20-11-10-15-12-14-4-2-3-5-17(14)21-15/h2-9,15H,10-12H2,1H3. The lowest BCUT2D eigenvalue weighted by atomic mass is 10.1. The van der Waals surface area contributed by atoms with E-state index in [-0.39, 0.29) is 17.6 Å². The SMILES string of the molecule is Cc1ccc(S(=O)(=O)OCCC2Cc3ccccc3O2)cc1. The van der Waals surface area contributed by atoms with E-state index in [4.69, 9.17) is 8.92 Å². The van der Waals surface area contributed by atoms with Crippen molar-refractivity contribution in [1.82, 2.24) is 0 Å². The Morgan fingerprint density at radius 3 is 2.59 bits per heavy atom. The van der Waals surface area contributed by atoms with Crippen molar-refractivity contribution >= 4 is 10.1 Å². The van der Waals surface area contributed by atoms with E-state index in [0.717, 1.165) is 23.3 Å². The molecule has 4 nitrogen and oxygen atoms in total. The van der Waals surface area contributed by atoms with Crippen molar-refractivity contribution < 1.29 is 17.3 Å². The summed E-state index contributed by atoms with van der Waals surface area (Å²) in [5, 5.41) is 0. The predicted octanol–water partition coefficient (Wildman–Crippen LogP) is 3.09. The maximum absolute atomic E-state index is 12.1. The second-order valence-corrected chi connectivity index (χ2v) is 7.04. The van der Waals surface area contributed by atoms with Crippen LogP contribution in [0, 0.1) is 6.92 Å². The molecular weight excluding hydrogens is 300 g/mol. The van der Waals surface area contributed by atoms with Crippen molar-refractivity contribution in [2.24, 2.45) is 0 Å². The molecule has 0 spiro atoms. The summed E-state index contributed by atoms with van der Waals surface area (Å²) in [5.41, 5.74) is 2.17. The summed E-state index contributed by atoms with van der Waals surface area (Å²) < 4.78 is 35.0. The van der Waals surface area contributed by atoms with Crippen molar-refractivity contribution in [3.05, 3.63) is 59.7 Å². The lowest BCUT2D eigenvalue weighted by Crippen LogP contribution is -2.17. The molecule has 0 bridgehead atoms. The van der Waals surface area contributed by atoms with Gasteiger partial charge >= 0.3 is 0 Å². The molecule has 0 aliphatic carbocycles. The average Bonchev–Trinajstić information content (AvgIpc) is 2.90. The van der Waals surface area contributed by atoms with Crippen LogP contribution in [0.25, 0.3) is 0 Å². The first-order valence-electron chi connectivity index (χ1n) is 7.25. The summed E-state index contributed by atoms with van der Waals surface area (Å²) in [4.78, 5) is 0.189. The molecule has 0 saturated heterocycles. The highest BCUT2D eigenvalue weighted by Gasteiger charge is 2.23. The van der Waals surface area contributed by atoms with Gasteiger partial charge in [0, 0.05) is 12.8 Å². The summed E-state index contributed by atoms with van der Waals surface area (Å²) in [6.45, 7) is 2.03. The van der Waals surface area contributed by atoms with E-state index in [0.29, 0.717) is 6.42 Å². The highest BCUT2D eigenvalue weighted by molar-refractivity contribution is 7.86. The summed E-state index contributed by atoms with van der Waals surface area (Å²) in [5.74, 6) is 0.883. The fourth-order valence-electron chi connectivity index (χ4n) is 2.48. The Kier molecular flexibility index (Phi) is 4.18. The highest BCUT2D eigenvalue weighted by atomic mass is 32.2. The van der Waals surface area contributed by atoms with Crippen molar-refractivity contribution in [3.8, 4) is 5.75 Å². The van der Waals surface area contributed by atoms with Gasteiger partial charge in [-0.1, -0.05) is 35.9 Å². The van der Waals surface area contributed by atoms with Gasteiger partial charge < -0.3 is 4.74 Å². The van der Waals surface area contributed by atoms with Crippen molar-refractivity contribution in [2.45, 2.75) is 30.8 Å². The number of benzene rings is 2. The average molecular weight is 318 g/mol. The Labute approximate surface area is 130 Å². The van der Waals surface area contributed by atoms with E-state index in [1.807, 2.05) is 31.2 Å². The molecule has 0 saturated carbocycles. The number of aryl methyl sites for hydroxylation is 1. The molecule has 1 heterocycles. The molecule has 3 rings (SSSR count). The smallest absolute Gasteiger partial charge is 0.296 e. The van der Waals surface area contributed by atoms with E-state index in [2.05, 4.69) is 0 Å². The Bertz CT molecular complexity index is 725. The van der Waals surface area contributed by atoms with E-state index in [1.165, 1.54) is 0 Å². The van der Waals surface area contributed by atoms with Crippen LogP contribution in [0.5, 0.6) is 5.75 Å². The Morgan fingerprint density at radius 2 is 1.86 bits per heavy atom. The van der Waals surface area contributed by atoms with Gasteiger partial charge in [-0.15, -0.1) is 0 Å². The molecule has 0 aromatic heterocycles. The first kappa shape index (κ1) is 15.1. The molecular formula is C17H18O4S. The van der Waals surface area contributed by atoms with Crippen LogP contribution in [0.3, 0.4) is 0 Å². The minimum absolute atomic E-state index is 0.0226. The molecule has 0 amide bonds. The van der Waals surface area contributed by atoms with Gasteiger partial charge in [-0.05, 0) is 30.7 Å². The van der Waals surface area contributed by atoms with Crippen molar-refractivity contribution in [2.75, 3.05) is 6.61 Å². The predicted molar refractivity (Wildman–Crippen MR) is 83.5 cm³/mol. The summed E-state index contributed by atoms with van der Waals surface area (Å²) in [6.07, 6.45) is 1.31. The Hall–Kier alpha value is -1.85. The molecule has 5 heteroatoms. The van der Waals surface area contributed by atoms with Gasteiger partial charge in [-0.3, -0.25) is 4.18 Å². The first-order chi connectivity index (χ1) is 10.5. The second-order valence-electron chi connectivity index (χ2n) is 5.43. The van der Waals surface area contributed by atoms with Crippen molar-refractivity contribution in [3.63, 3.8) is 0 Å². The topological polar surface area (TPSA) is 52.6 Å². The van der Waals surface area contributed by atoms with E-state index in [1.54, 1.807) is 24.3 Å². The van der Waals surface area contributed by atoms with Crippen molar-refractivity contribution in [1.29, 1.82) is 0 Å². The normalized spacial score (nSPS) is 17.0. The minimum atomic E-state index is -3.69. The zero-order valence-electron chi connectivity index (χ0n) is 12.4. The molecule has 2 aromatic rings. The lowest BCUT2D eigenvalue weighted by molar-refractivity contribution is 0.186. The third kappa shape index (κ3) is 3.31. The maximum atomic E-state index is 12.1. The van der Waals surface area contributed by atoms with E-state index < -0.39 is 10.1 Å². The van der Waals surface area contributed by atoms with Gasteiger partial charge in [0.25, 0.3) is 10.1 Å². The van der Waals surface area contributed by atoms with Crippen LogP contribution in [-0.2, 0) is 20.7 Å². The Morgan fingerprint density at radius 1 is 1.14 bits per heavy atom. The fourth-order valence-corrected chi connectivity index (χ4v) is 3.40. The summed E-state index contributed by atoms with van der Waals surface area (Å²) >= 11 is 0. The van der Waals surface area contributed by atoms with Crippen LogP contribution in [-0.4, -0.2) is 21.1 Å². The van der Waals surface area contributed by atoms with Crippen LogP contribution in [0.15, 0.2) is 53.4 Å². The van der Waals surface area contributed by atoms with Gasteiger partial charge in [-0.25, -0.2) is 0 Å². The maximum Gasteiger partial charge on any atom is 0.296 e. The largest absolute Gasteiger partial charge is 0.490 e. The molecule has 0 fully saturated rings. The number of ether oxygens (including phenoxy) is 1. The van der Waals surface area contributed by atoms with Gasteiger partial charge in [0.15, 0.2) is 0 Å². The number of fused-ring (bicyclic) bond motifs is 1. The van der Waals surface area contributed by atoms with Crippen LogP contribution < -0.4 is 4.74 Å². The number of hydrogen-bond donors (Lipinski definition) is 0. The molecule has 22 heavy (non-hydrogen) atoms. The molecule has 116 valence electrons. The summed E-state index contributed by atoms with van der Waals surface area (Å²) in [6, 6.07) is 14.5. The molecule has 1 unspecified atom stereocenters. The monoisotopic (exact) mass is 318 g/mol. The zero-order chi connectivity index (χ0) is 15.6. The first-order valence-corrected chi connectivity index (χ1v) is 8.66. The molecule has 1 aliphatic heterocycles. The number of hydrogen-bond acceptors (Lipinski definition) is 4. The number of rotatable bonds is 5.